The summed E-state index contributed by atoms with van der Waals surface area (Å²) in [6.07, 6.45) is 4.26. The van der Waals surface area contributed by atoms with Gasteiger partial charge in [-0.3, -0.25) is 4.79 Å². The lowest BCUT2D eigenvalue weighted by atomic mass is 10.00. The number of hydrogen-bond donors (Lipinski definition) is 2. The highest BCUT2D eigenvalue weighted by atomic mass is 16.5. The van der Waals surface area contributed by atoms with Gasteiger partial charge in [-0.2, -0.15) is 0 Å². The number of amides is 1. The van der Waals surface area contributed by atoms with Crippen LogP contribution in [0.2, 0.25) is 0 Å². The SMILES string of the molecule is O=C(N[C@H]1CCCNC1)C1CCCOC1. The summed E-state index contributed by atoms with van der Waals surface area (Å²) < 4.78 is 5.32. The summed E-state index contributed by atoms with van der Waals surface area (Å²) in [5, 5.41) is 6.40. The van der Waals surface area contributed by atoms with Gasteiger partial charge in [-0.1, -0.05) is 0 Å². The molecular formula is C11H20N2O2. The summed E-state index contributed by atoms with van der Waals surface area (Å²) in [5.74, 6) is 0.268. The largest absolute Gasteiger partial charge is 0.381 e. The Balaban J connectivity index is 1.74. The summed E-state index contributed by atoms with van der Waals surface area (Å²) in [5.41, 5.74) is 0. The van der Waals surface area contributed by atoms with Crippen LogP contribution in [-0.4, -0.2) is 38.3 Å². The minimum atomic E-state index is 0.0840. The number of carbonyl (C=O) groups is 1. The Morgan fingerprint density at radius 1 is 1.33 bits per heavy atom. The Labute approximate surface area is 90.8 Å². The number of ether oxygens (including phenoxy) is 1. The number of carbonyl (C=O) groups excluding carboxylic acids is 1. The maximum absolute atomic E-state index is 11.8. The lowest BCUT2D eigenvalue weighted by molar-refractivity contribution is -0.129. The molecule has 2 rings (SSSR count). The highest BCUT2D eigenvalue weighted by Crippen LogP contribution is 2.14. The smallest absolute Gasteiger partial charge is 0.225 e. The van der Waals surface area contributed by atoms with Crippen molar-refractivity contribution in [3.05, 3.63) is 0 Å². The average molecular weight is 212 g/mol. The number of hydrogen-bond acceptors (Lipinski definition) is 3. The van der Waals surface area contributed by atoms with E-state index >= 15 is 0 Å². The standard InChI is InChI=1S/C11H20N2O2/c14-11(9-3-2-6-15-8-9)13-10-4-1-5-12-7-10/h9-10,12H,1-8H2,(H,13,14)/t9?,10-/m0/s1. The Morgan fingerprint density at radius 3 is 2.93 bits per heavy atom. The van der Waals surface area contributed by atoms with Gasteiger partial charge in [-0.05, 0) is 32.2 Å². The van der Waals surface area contributed by atoms with Crippen LogP contribution < -0.4 is 10.6 Å². The molecule has 2 fully saturated rings. The molecule has 0 aromatic rings. The van der Waals surface area contributed by atoms with Gasteiger partial charge in [0.05, 0.1) is 12.5 Å². The lowest BCUT2D eigenvalue weighted by Crippen LogP contribution is -2.48. The molecule has 2 atom stereocenters. The minimum absolute atomic E-state index is 0.0840. The van der Waals surface area contributed by atoms with Crippen LogP contribution in [0.5, 0.6) is 0 Å². The van der Waals surface area contributed by atoms with Gasteiger partial charge in [0.1, 0.15) is 0 Å². The van der Waals surface area contributed by atoms with E-state index in [1.165, 1.54) is 0 Å². The second-order valence-electron chi connectivity index (χ2n) is 4.47. The fraction of sp³-hybridized carbons (Fsp3) is 0.909. The van der Waals surface area contributed by atoms with Crippen LogP contribution in [0.1, 0.15) is 25.7 Å². The molecule has 2 aliphatic rings. The molecule has 0 spiro atoms. The van der Waals surface area contributed by atoms with E-state index in [0.29, 0.717) is 12.6 Å². The molecular weight excluding hydrogens is 192 g/mol. The second kappa shape index (κ2) is 5.47. The zero-order valence-corrected chi connectivity index (χ0v) is 9.13. The first-order valence-corrected chi connectivity index (χ1v) is 5.95. The van der Waals surface area contributed by atoms with E-state index in [9.17, 15) is 4.79 Å². The first-order chi connectivity index (χ1) is 7.36. The zero-order valence-electron chi connectivity index (χ0n) is 9.13. The maximum Gasteiger partial charge on any atom is 0.225 e. The second-order valence-corrected chi connectivity index (χ2v) is 4.47. The van der Waals surface area contributed by atoms with Crippen LogP contribution in [0.3, 0.4) is 0 Å². The van der Waals surface area contributed by atoms with Crippen molar-refractivity contribution in [2.45, 2.75) is 31.7 Å². The topological polar surface area (TPSA) is 50.4 Å². The lowest BCUT2D eigenvalue weighted by Gasteiger charge is -2.27. The molecule has 86 valence electrons. The molecule has 0 aromatic heterocycles. The van der Waals surface area contributed by atoms with Crippen molar-refractivity contribution < 1.29 is 9.53 Å². The van der Waals surface area contributed by atoms with E-state index in [2.05, 4.69) is 10.6 Å². The van der Waals surface area contributed by atoms with Gasteiger partial charge in [0.15, 0.2) is 0 Å². The molecule has 2 saturated heterocycles. The first-order valence-electron chi connectivity index (χ1n) is 5.95. The summed E-state index contributed by atoms with van der Waals surface area (Å²) in [6, 6.07) is 0.327. The van der Waals surface area contributed by atoms with E-state index in [-0.39, 0.29) is 11.8 Å². The quantitative estimate of drug-likeness (QED) is 0.691. The molecule has 0 bridgehead atoms. The highest BCUT2D eigenvalue weighted by molar-refractivity contribution is 5.79. The predicted octanol–water partition coefficient (Wildman–Crippen LogP) is 0.281. The van der Waals surface area contributed by atoms with Crippen LogP contribution in [-0.2, 0) is 9.53 Å². The van der Waals surface area contributed by atoms with Gasteiger partial charge < -0.3 is 15.4 Å². The summed E-state index contributed by atoms with van der Waals surface area (Å²) >= 11 is 0. The molecule has 1 amide bonds. The van der Waals surface area contributed by atoms with E-state index in [4.69, 9.17) is 4.74 Å². The Bertz CT molecular complexity index is 209. The Hall–Kier alpha value is -0.610. The van der Waals surface area contributed by atoms with Crippen LogP contribution in [0, 0.1) is 5.92 Å². The monoisotopic (exact) mass is 212 g/mol. The van der Waals surface area contributed by atoms with Crippen LogP contribution in [0.25, 0.3) is 0 Å². The van der Waals surface area contributed by atoms with Gasteiger partial charge in [-0.25, -0.2) is 0 Å². The third-order valence-electron chi connectivity index (χ3n) is 3.17. The molecule has 0 aromatic carbocycles. The van der Waals surface area contributed by atoms with Gasteiger partial charge in [0, 0.05) is 19.2 Å². The summed E-state index contributed by atoms with van der Waals surface area (Å²) in [6.45, 7) is 3.42. The van der Waals surface area contributed by atoms with Crippen molar-refractivity contribution in [1.29, 1.82) is 0 Å². The molecule has 4 heteroatoms. The molecule has 2 aliphatic heterocycles. The average Bonchev–Trinajstić information content (AvgIpc) is 2.31. The zero-order chi connectivity index (χ0) is 10.5. The molecule has 1 unspecified atom stereocenters. The minimum Gasteiger partial charge on any atom is -0.381 e. The van der Waals surface area contributed by atoms with Crippen LogP contribution >= 0.6 is 0 Å². The van der Waals surface area contributed by atoms with Gasteiger partial charge in [0.25, 0.3) is 0 Å². The van der Waals surface area contributed by atoms with Crippen molar-refractivity contribution >= 4 is 5.91 Å². The Morgan fingerprint density at radius 2 is 2.27 bits per heavy atom. The van der Waals surface area contributed by atoms with Crippen LogP contribution in [0.15, 0.2) is 0 Å². The maximum atomic E-state index is 11.8. The van der Waals surface area contributed by atoms with Gasteiger partial charge in [-0.15, -0.1) is 0 Å². The summed E-state index contributed by atoms with van der Waals surface area (Å²) in [4.78, 5) is 11.8. The van der Waals surface area contributed by atoms with E-state index in [1.807, 2.05) is 0 Å². The highest BCUT2D eigenvalue weighted by Gasteiger charge is 2.24. The third-order valence-corrected chi connectivity index (χ3v) is 3.17. The number of nitrogens with one attached hydrogen (secondary N) is 2. The number of piperidine rings is 1. The molecule has 0 radical (unpaired) electrons. The molecule has 0 aliphatic carbocycles. The molecule has 4 nitrogen and oxygen atoms in total. The van der Waals surface area contributed by atoms with E-state index in [0.717, 1.165) is 45.4 Å². The Kier molecular flexibility index (Phi) is 3.97. The van der Waals surface area contributed by atoms with E-state index in [1.54, 1.807) is 0 Å². The van der Waals surface area contributed by atoms with Crippen molar-refractivity contribution in [2.75, 3.05) is 26.3 Å². The molecule has 2 N–H and O–H groups in total. The predicted molar refractivity (Wildman–Crippen MR) is 57.6 cm³/mol. The fourth-order valence-corrected chi connectivity index (χ4v) is 2.24. The molecule has 15 heavy (non-hydrogen) atoms. The third kappa shape index (κ3) is 3.18. The normalized spacial score (nSPS) is 32.3. The van der Waals surface area contributed by atoms with Gasteiger partial charge in [0.2, 0.25) is 5.91 Å². The summed E-state index contributed by atoms with van der Waals surface area (Å²) in [7, 11) is 0. The van der Waals surface area contributed by atoms with Crippen molar-refractivity contribution in [1.82, 2.24) is 10.6 Å². The molecule has 0 saturated carbocycles. The molecule has 2 heterocycles. The van der Waals surface area contributed by atoms with Crippen LogP contribution in [0.4, 0.5) is 0 Å². The van der Waals surface area contributed by atoms with Gasteiger partial charge >= 0.3 is 0 Å². The fourth-order valence-electron chi connectivity index (χ4n) is 2.24. The van der Waals surface area contributed by atoms with E-state index < -0.39 is 0 Å². The van der Waals surface area contributed by atoms with Crippen molar-refractivity contribution in [3.63, 3.8) is 0 Å². The first kappa shape index (κ1) is 10.9. The van der Waals surface area contributed by atoms with Crippen molar-refractivity contribution in [3.8, 4) is 0 Å². The van der Waals surface area contributed by atoms with Crippen molar-refractivity contribution in [2.24, 2.45) is 5.92 Å². The number of rotatable bonds is 2.